The third-order valence-corrected chi connectivity index (χ3v) is 5.04. The van der Waals surface area contributed by atoms with E-state index in [0.29, 0.717) is 10.8 Å². The summed E-state index contributed by atoms with van der Waals surface area (Å²) >= 11 is 0. The molecule has 24 heavy (non-hydrogen) atoms. The number of nitro benzene ring substituents is 1. The second kappa shape index (κ2) is 5.93. The molecular weight excluding hydrogens is 328 g/mol. The van der Waals surface area contributed by atoms with E-state index in [1.165, 1.54) is 18.2 Å². The van der Waals surface area contributed by atoms with Crippen LogP contribution in [0.15, 0.2) is 65.6 Å². The highest BCUT2D eigenvalue weighted by Gasteiger charge is 2.23. The Morgan fingerprint density at radius 1 is 0.958 bits per heavy atom. The smallest absolute Gasteiger partial charge is 0.273 e. The van der Waals surface area contributed by atoms with Crippen molar-refractivity contribution in [2.24, 2.45) is 0 Å². The van der Waals surface area contributed by atoms with E-state index in [1.807, 2.05) is 6.92 Å². The highest BCUT2D eigenvalue weighted by molar-refractivity contribution is 7.92. The van der Waals surface area contributed by atoms with E-state index in [4.69, 9.17) is 0 Å². The minimum Gasteiger partial charge on any atom is -0.273 e. The van der Waals surface area contributed by atoms with Crippen LogP contribution < -0.4 is 4.72 Å². The number of nitro groups is 1. The highest BCUT2D eigenvalue weighted by Crippen LogP contribution is 2.34. The summed E-state index contributed by atoms with van der Waals surface area (Å²) < 4.78 is 27.3. The minimum absolute atomic E-state index is 0.0514. The summed E-state index contributed by atoms with van der Waals surface area (Å²) in [4.78, 5) is 11.0. The van der Waals surface area contributed by atoms with E-state index in [1.54, 1.807) is 42.5 Å². The molecule has 122 valence electrons. The van der Waals surface area contributed by atoms with Crippen molar-refractivity contribution in [3.63, 3.8) is 0 Å². The lowest BCUT2D eigenvalue weighted by Crippen LogP contribution is -2.14. The molecule has 3 rings (SSSR count). The van der Waals surface area contributed by atoms with Crippen LogP contribution in [0.5, 0.6) is 0 Å². The molecule has 0 unspecified atom stereocenters. The van der Waals surface area contributed by atoms with Crippen LogP contribution >= 0.6 is 0 Å². The Morgan fingerprint density at radius 3 is 2.29 bits per heavy atom. The van der Waals surface area contributed by atoms with Gasteiger partial charge in [-0.15, -0.1) is 0 Å². The Hall–Kier alpha value is -2.93. The largest absolute Gasteiger partial charge is 0.301 e. The van der Waals surface area contributed by atoms with Crippen LogP contribution in [0, 0.1) is 17.0 Å². The first-order chi connectivity index (χ1) is 11.4. The second-order valence-corrected chi connectivity index (χ2v) is 7.04. The predicted molar refractivity (Wildman–Crippen MR) is 92.6 cm³/mol. The zero-order valence-corrected chi connectivity index (χ0v) is 13.6. The van der Waals surface area contributed by atoms with E-state index >= 15 is 0 Å². The molecule has 3 aromatic carbocycles. The van der Waals surface area contributed by atoms with Crippen molar-refractivity contribution in [3.8, 4) is 0 Å². The molecule has 0 aliphatic heterocycles. The summed E-state index contributed by atoms with van der Waals surface area (Å²) in [6, 6.07) is 16.1. The SMILES string of the molecule is Cc1ccc(S(=O)(=O)Nc2ccc3ccccc3c2[N+](=O)[O-])cc1. The molecule has 1 N–H and O–H groups in total. The third kappa shape index (κ3) is 2.93. The molecule has 0 aliphatic rings. The normalized spacial score (nSPS) is 11.4. The standard InChI is InChI=1S/C17H14N2O4S/c1-12-6-9-14(10-7-12)24(22,23)18-16-11-8-13-4-2-3-5-15(13)17(16)19(20)21/h2-11,18H,1H3. The van der Waals surface area contributed by atoms with Gasteiger partial charge in [-0.2, -0.15) is 0 Å². The van der Waals surface area contributed by atoms with Gasteiger partial charge in [0.15, 0.2) is 0 Å². The molecule has 0 heterocycles. The van der Waals surface area contributed by atoms with Crippen molar-refractivity contribution in [2.45, 2.75) is 11.8 Å². The number of anilines is 1. The summed E-state index contributed by atoms with van der Waals surface area (Å²) in [7, 11) is -3.91. The highest BCUT2D eigenvalue weighted by atomic mass is 32.2. The Bertz CT molecular complexity index is 1030. The molecule has 0 aliphatic carbocycles. The molecule has 0 saturated heterocycles. The number of aryl methyl sites for hydroxylation is 1. The Kier molecular flexibility index (Phi) is 3.94. The van der Waals surface area contributed by atoms with Crippen LogP contribution in [-0.2, 0) is 10.0 Å². The quantitative estimate of drug-likeness (QED) is 0.576. The van der Waals surface area contributed by atoms with Gasteiger partial charge in [0.05, 0.1) is 15.2 Å². The van der Waals surface area contributed by atoms with Crippen LogP contribution in [0.3, 0.4) is 0 Å². The number of benzene rings is 3. The maximum atomic E-state index is 12.5. The molecule has 0 amide bonds. The van der Waals surface area contributed by atoms with Gasteiger partial charge in [-0.05, 0) is 36.6 Å². The average molecular weight is 342 g/mol. The summed E-state index contributed by atoms with van der Waals surface area (Å²) in [6.45, 7) is 1.85. The second-order valence-electron chi connectivity index (χ2n) is 5.36. The molecule has 0 fully saturated rings. The summed E-state index contributed by atoms with van der Waals surface area (Å²) in [5.74, 6) is 0. The molecule has 3 aromatic rings. The van der Waals surface area contributed by atoms with E-state index in [2.05, 4.69) is 4.72 Å². The van der Waals surface area contributed by atoms with Crippen molar-refractivity contribution < 1.29 is 13.3 Å². The fraction of sp³-hybridized carbons (Fsp3) is 0.0588. The van der Waals surface area contributed by atoms with Gasteiger partial charge in [0.1, 0.15) is 5.69 Å². The zero-order valence-electron chi connectivity index (χ0n) is 12.8. The number of nitrogens with one attached hydrogen (secondary N) is 1. The lowest BCUT2D eigenvalue weighted by molar-refractivity contribution is -0.382. The number of nitrogens with zero attached hydrogens (tertiary/aromatic N) is 1. The summed E-state index contributed by atoms with van der Waals surface area (Å²) in [5.41, 5.74) is 0.605. The van der Waals surface area contributed by atoms with Crippen molar-refractivity contribution >= 4 is 32.2 Å². The Labute approximate surface area is 138 Å². The van der Waals surface area contributed by atoms with Gasteiger partial charge in [-0.1, -0.05) is 42.0 Å². The molecule has 0 atom stereocenters. The van der Waals surface area contributed by atoms with Gasteiger partial charge in [0, 0.05) is 0 Å². The topological polar surface area (TPSA) is 89.3 Å². The van der Waals surface area contributed by atoms with Gasteiger partial charge in [-0.3, -0.25) is 14.8 Å². The van der Waals surface area contributed by atoms with Crippen LogP contribution in [0.2, 0.25) is 0 Å². The van der Waals surface area contributed by atoms with Crippen LogP contribution in [0.25, 0.3) is 10.8 Å². The van der Waals surface area contributed by atoms with E-state index in [-0.39, 0.29) is 16.3 Å². The molecule has 0 radical (unpaired) electrons. The van der Waals surface area contributed by atoms with Gasteiger partial charge >= 0.3 is 5.69 Å². The van der Waals surface area contributed by atoms with Gasteiger partial charge in [0.25, 0.3) is 10.0 Å². The van der Waals surface area contributed by atoms with Crippen LogP contribution in [0.1, 0.15) is 5.56 Å². The zero-order chi connectivity index (χ0) is 17.3. The lowest BCUT2D eigenvalue weighted by Gasteiger charge is -2.10. The Balaban J connectivity index is 2.11. The Morgan fingerprint density at radius 2 is 1.62 bits per heavy atom. The number of hydrogen-bond donors (Lipinski definition) is 1. The van der Waals surface area contributed by atoms with Crippen molar-refractivity contribution in [3.05, 3.63) is 76.3 Å². The molecule has 0 bridgehead atoms. The molecule has 0 aromatic heterocycles. The number of hydrogen-bond acceptors (Lipinski definition) is 4. The molecule has 7 heteroatoms. The van der Waals surface area contributed by atoms with Crippen molar-refractivity contribution in [1.29, 1.82) is 0 Å². The van der Waals surface area contributed by atoms with Gasteiger partial charge in [-0.25, -0.2) is 8.42 Å². The van der Waals surface area contributed by atoms with E-state index in [9.17, 15) is 18.5 Å². The lowest BCUT2D eigenvalue weighted by atomic mass is 10.1. The number of rotatable bonds is 4. The van der Waals surface area contributed by atoms with Gasteiger partial charge in [0.2, 0.25) is 0 Å². The first kappa shape index (κ1) is 15.9. The van der Waals surface area contributed by atoms with Crippen LogP contribution in [0.4, 0.5) is 11.4 Å². The fourth-order valence-electron chi connectivity index (χ4n) is 2.46. The maximum Gasteiger partial charge on any atom is 0.301 e. The third-order valence-electron chi connectivity index (χ3n) is 3.66. The first-order valence-electron chi connectivity index (χ1n) is 7.14. The minimum atomic E-state index is -3.91. The number of fused-ring (bicyclic) bond motifs is 1. The first-order valence-corrected chi connectivity index (χ1v) is 8.62. The van der Waals surface area contributed by atoms with E-state index in [0.717, 1.165) is 5.56 Å². The summed E-state index contributed by atoms with van der Waals surface area (Å²) in [6.07, 6.45) is 0. The molecule has 6 nitrogen and oxygen atoms in total. The fourth-order valence-corrected chi connectivity index (χ4v) is 3.52. The maximum absolute atomic E-state index is 12.5. The molecule has 0 saturated carbocycles. The predicted octanol–water partition coefficient (Wildman–Crippen LogP) is 3.86. The number of sulfonamides is 1. The average Bonchev–Trinajstić information content (AvgIpc) is 2.54. The van der Waals surface area contributed by atoms with E-state index < -0.39 is 14.9 Å². The molecule has 0 spiro atoms. The van der Waals surface area contributed by atoms with Crippen molar-refractivity contribution in [1.82, 2.24) is 0 Å². The molecular formula is C17H14N2O4S. The van der Waals surface area contributed by atoms with Crippen LogP contribution in [-0.4, -0.2) is 13.3 Å². The van der Waals surface area contributed by atoms with Gasteiger partial charge < -0.3 is 0 Å². The monoisotopic (exact) mass is 342 g/mol. The summed E-state index contributed by atoms with van der Waals surface area (Å²) in [5, 5.41) is 12.5. The van der Waals surface area contributed by atoms with Crippen molar-refractivity contribution in [2.75, 3.05) is 4.72 Å².